The molecule has 0 spiro atoms. The number of allylic oxidation sites excluding steroid dienone is 1. The minimum absolute atomic E-state index is 0.400. The van der Waals surface area contributed by atoms with Gasteiger partial charge >= 0.3 is 5.97 Å². The van der Waals surface area contributed by atoms with E-state index in [0.29, 0.717) is 5.57 Å². The van der Waals surface area contributed by atoms with Crippen LogP contribution in [0, 0.1) is 0 Å². The Bertz CT molecular complexity index is 408. The van der Waals surface area contributed by atoms with Crippen molar-refractivity contribution < 1.29 is 9.90 Å². The lowest BCUT2D eigenvalue weighted by molar-refractivity contribution is -0.132. The minimum Gasteiger partial charge on any atom is -0.478 e. The Morgan fingerprint density at radius 2 is 1.87 bits per heavy atom. The van der Waals surface area contributed by atoms with Crippen LogP contribution in [-0.4, -0.2) is 17.3 Å². The van der Waals surface area contributed by atoms with Crippen LogP contribution in [-0.2, 0) is 4.79 Å². The normalized spacial score (nSPS) is 12.2. The number of thioether (sulfide) groups is 1. The lowest BCUT2D eigenvalue weighted by Crippen LogP contribution is -1.99. The van der Waals surface area contributed by atoms with Gasteiger partial charge < -0.3 is 5.11 Å². The van der Waals surface area contributed by atoms with E-state index in [2.05, 4.69) is 0 Å². The van der Waals surface area contributed by atoms with Crippen molar-refractivity contribution in [2.45, 2.75) is 18.7 Å². The number of aliphatic carboxylic acids is 1. The molecule has 0 aromatic heterocycles. The van der Waals surface area contributed by atoms with Gasteiger partial charge in [0.1, 0.15) is 0 Å². The highest BCUT2D eigenvalue weighted by Crippen LogP contribution is 2.28. The van der Waals surface area contributed by atoms with Crippen LogP contribution in [0.3, 0.4) is 0 Å². The molecule has 0 fully saturated rings. The van der Waals surface area contributed by atoms with Gasteiger partial charge in [0.2, 0.25) is 0 Å². The smallest absolute Gasteiger partial charge is 0.331 e. The molecule has 0 unspecified atom stereocenters. The van der Waals surface area contributed by atoms with Crippen molar-refractivity contribution in [3.8, 4) is 0 Å². The third-order valence-electron chi connectivity index (χ3n) is 2.39. The molecule has 0 radical (unpaired) electrons. The number of hydrogen-bond donors (Lipinski definition) is 1. The second-order valence-corrected chi connectivity index (χ2v) is 4.10. The van der Waals surface area contributed by atoms with E-state index in [4.69, 9.17) is 5.11 Å². The third-order valence-corrected chi connectivity index (χ3v) is 3.19. The predicted octanol–water partition coefficient (Wildman–Crippen LogP) is 3.29. The first-order valence-electron chi connectivity index (χ1n) is 4.62. The Kier molecular flexibility index (Phi) is 3.97. The Hall–Kier alpha value is -1.22. The summed E-state index contributed by atoms with van der Waals surface area (Å²) in [6.07, 6.45) is 1.99. The standard InChI is InChI=1S/C12H14O2S/c1-8(9(2)12(13)14)10-6-4-5-7-11(10)15-3/h4-7H,1-3H3,(H,13,14)/b9-8+. The summed E-state index contributed by atoms with van der Waals surface area (Å²) in [6, 6.07) is 7.83. The zero-order valence-corrected chi connectivity index (χ0v) is 9.89. The molecular formula is C12H14O2S. The van der Waals surface area contributed by atoms with Crippen LogP contribution in [0.5, 0.6) is 0 Å². The zero-order valence-electron chi connectivity index (χ0n) is 9.07. The molecule has 0 heterocycles. The highest BCUT2D eigenvalue weighted by molar-refractivity contribution is 7.98. The average Bonchev–Trinajstić information content (AvgIpc) is 2.26. The fraction of sp³-hybridized carbons (Fsp3) is 0.250. The largest absolute Gasteiger partial charge is 0.478 e. The average molecular weight is 222 g/mol. The summed E-state index contributed by atoms with van der Waals surface area (Å²) < 4.78 is 0. The minimum atomic E-state index is -0.858. The molecule has 0 saturated heterocycles. The van der Waals surface area contributed by atoms with Crippen LogP contribution in [0.4, 0.5) is 0 Å². The third kappa shape index (κ3) is 2.63. The molecular weight excluding hydrogens is 208 g/mol. The Balaban J connectivity index is 3.27. The van der Waals surface area contributed by atoms with Gasteiger partial charge in [0.05, 0.1) is 0 Å². The van der Waals surface area contributed by atoms with Gasteiger partial charge in [-0.2, -0.15) is 0 Å². The fourth-order valence-electron chi connectivity index (χ4n) is 1.32. The van der Waals surface area contributed by atoms with Crippen molar-refractivity contribution in [2.24, 2.45) is 0 Å². The van der Waals surface area contributed by atoms with E-state index in [1.807, 2.05) is 37.4 Å². The van der Waals surface area contributed by atoms with Crippen LogP contribution in [0.25, 0.3) is 5.57 Å². The number of carboxylic acid groups (broad SMARTS) is 1. The second kappa shape index (κ2) is 5.03. The maximum Gasteiger partial charge on any atom is 0.331 e. The number of carbonyl (C=O) groups is 1. The highest BCUT2D eigenvalue weighted by Gasteiger charge is 2.09. The number of benzene rings is 1. The van der Waals surface area contributed by atoms with Crippen molar-refractivity contribution in [1.82, 2.24) is 0 Å². The first-order valence-corrected chi connectivity index (χ1v) is 5.84. The molecule has 0 bridgehead atoms. The molecule has 0 saturated carbocycles. The van der Waals surface area contributed by atoms with Crippen molar-refractivity contribution in [2.75, 3.05) is 6.26 Å². The Labute approximate surface area is 94.0 Å². The van der Waals surface area contributed by atoms with E-state index < -0.39 is 5.97 Å². The number of hydrogen-bond acceptors (Lipinski definition) is 2. The number of carboxylic acids is 1. The van der Waals surface area contributed by atoms with Crippen LogP contribution in [0.1, 0.15) is 19.4 Å². The molecule has 3 heteroatoms. The quantitative estimate of drug-likeness (QED) is 0.630. The van der Waals surface area contributed by atoms with Crippen molar-refractivity contribution in [3.63, 3.8) is 0 Å². The van der Waals surface area contributed by atoms with Gasteiger partial charge in [-0.05, 0) is 37.3 Å². The Morgan fingerprint density at radius 3 is 2.40 bits per heavy atom. The van der Waals surface area contributed by atoms with Crippen LogP contribution in [0.15, 0.2) is 34.7 Å². The topological polar surface area (TPSA) is 37.3 Å². The van der Waals surface area contributed by atoms with E-state index in [1.54, 1.807) is 18.7 Å². The molecule has 0 aliphatic rings. The van der Waals surface area contributed by atoms with E-state index in [-0.39, 0.29) is 0 Å². The Morgan fingerprint density at radius 1 is 1.27 bits per heavy atom. The molecule has 1 aromatic carbocycles. The van der Waals surface area contributed by atoms with Gasteiger partial charge in [-0.15, -0.1) is 11.8 Å². The van der Waals surface area contributed by atoms with Crippen molar-refractivity contribution in [1.29, 1.82) is 0 Å². The van der Waals surface area contributed by atoms with Crippen LogP contribution in [0.2, 0.25) is 0 Å². The second-order valence-electron chi connectivity index (χ2n) is 3.26. The van der Waals surface area contributed by atoms with Gasteiger partial charge in [0.25, 0.3) is 0 Å². The SMILES string of the molecule is CSc1ccccc1/C(C)=C(\C)C(=O)O. The molecule has 2 nitrogen and oxygen atoms in total. The highest BCUT2D eigenvalue weighted by atomic mass is 32.2. The molecule has 0 atom stereocenters. The van der Waals surface area contributed by atoms with Gasteiger partial charge in [-0.25, -0.2) is 4.79 Å². The summed E-state index contributed by atoms with van der Waals surface area (Å²) in [5.41, 5.74) is 2.23. The molecule has 0 aliphatic carbocycles. The van der Waals surface area contributed by atoms with E-state index in [1.165, 1.54) is 0 Å². The van der Waals surface area contributed by atoms with E-state index in [9.17, 15) is 4.79 Å². The van der Waals surface area contributed by atoms with E-state index in [0.717, 1.165) is 16.0 Å². The summed E-state index contributed by atoms with van der Waals surface area (Å²) in [4.78, 5) is 12.0. The van der Waals surface area contributed by atoms with Gasteiger partial charge in [-0.1, -0.05) is 18.2 Å². The molecule has 0 amide bonds. The summed E-state index contributed by atoms with van der Waals surface area (Å²) >= 11 is 1.63. The summed E-state index contributed by atoms with van der Waals surface area (Å²) in [6.45, 7) is 3.48. The van der Waals surface area contributed by atoms with Gasteiger partial charge in [-0.3, -0.25) is 0 Å². The lowest BCUT2D eigenvalue weighted by Gasteiger charge is -2.09. The fourth-order valence-corrected chi connectivity index (χ4v) is 1.97. The lowest BCUT2D eigenvalue weighted by atomic mass is 10.0. The summed E-state index contributed by atoms with van der Waals surface area (Å²) in [5, 5.41) is 8.91. The van der Waals surface area contributed by atoms with E-state index >= 15 is 0 Å². The molecule has 80 valence electrons. The molecule has 0 aliphatic heterocycles. The summed E-state index contributed by atoms with van der Waals surface area (Å²) in [7, 11) is 0. The monoisotopic (exact) mass is 222 g/mol. The first-order chi connectivity index (χ1) is 7.07. The maximum atomic E-state index is 10.8. The van der Waals surface area contributed by atoms with Crippen molar-refractivity contribution in [3.05, 3.63) is 35.4 Å². The van der Waals surface area contributed by atoms with Crippen LogP contribution >= 0.6 is 11.8 Å². The van der Waals surface area contributed by atoms with Gasteiger partial charge in [0.15, 0.2) is 0 Å². The number of rotatable bonds is 3. The molecule has 15 heavy (non-hydrogen) atoms. The van der Waals surface area contributed by atoms with Crippen molar-refractivity contribution >= 4 is 23.3 Å². The first kappa shape index (κ1) is 11.9. The molecule has 1 rings (SSSR count). The van der Waals surface area contributed by atoms with Crippen LogP contribution < -0.4 is 0 Å². The predicted molar refractivity (Wildman–Crippen MR) is 64.1 cm³/mol. The zero-order chi connectivity index (χ0) is 11.4. The summed E-state index contributed by atoms with van der Waals surface area (Å²) in [5.74, 6) is -0.858. The molecule has 1 N–H and O–H groups in total. The maximum absolute atomic E-state index is 10.8. The van der Waals surface area contributed by atoms with Gasteiger partial charge in [0, 0.05) is 10.5 Å². The molecule has 1 aromatic rings.